The molecule has 0 aliphatic heterocycles. The molecule has 0 aromatic carbocycles. The molecule has 2 unspecified atom stereocenters. The minimum absolute atomic E-state index is 0.0132. The first kappa shape index (κ1) is 14.0. The Kier molecular flexibility index (Phi) is 5.43. The predicted octanol–water partition coefficient (Wildman–Crippen LogP) is 1.51. The lowest BCUT2D eigenvalue weighted by molar-refractivity contribution is -0.136. The second-order valence-corrected chi connectivity index (χ2v) is 5.29. The maximum Gasteiger partial charge on any atom is 0.227 e. The van der Waals surface area contributed by atoms with E-state index in [9.17, 15) is 4.79 Å². The Labute approximate surface area is 104 Å². The van der Waals surface area contributed by atoms with Crippen molar-refractivity contribution in [2.45, 2.75) is 45.6 Å². The van der Waals surface area contributed by atoms with E-state index in [-0.39, 0.29) is 17.9 Å². The highest BCUT2D eigenvalue weighted by Gasteiger charge is 2.33. The molecule has 0 aromatic heterocycles. The van der Waals surface area contributed by atoms with E-state index in [0.717, 1.165) is 25.8 Å². The van der Waals surface area contributed by atoms with Crippen molar-refractivity contribution in [1.29, 1.82) is 5.26 Å². The summed E-state index contributed by atoms with van der Waals surface area (Å²) in [6.45, 7) is 5.43. The molecule has 1 amide bonds. The van der Waals surface area contributed by atoms with Gasteiger partial charge in [-0.15, -0.1) is 0 Å². The molecule has 1 rings (SSSR count). The van der Waals surface area contributed by atoms with Crippen LogP contribution in [0.15, 0.2) is 0 Å². The summed E-state index contributed by atoms with van der Waals surface area (Å²) in [5.41, 5.74) is 5.96. The molecule has 4 heteroatoms. The van der Waals surface area contributed by atoms with E-state index in [1.165, 1.54) is 0 Å². The van der Waals surface area contributed by atoms with Gasteiger partial charge in [0.2, 0.25) is 5.91 Å². The van der Waals surface area contributed by atoms with Crippen LogP contribution in [0.1, 0.15) is 39.5 Å². The Morgan fingerprint density at radius 3 is 2.71 bits per heavy atom. The summed E-state index contributed by atoms with van der Waals surface area (Å²) in [5.74, 6) is 0.557. The highest BCUT2D eigenvalue weighted by atomic mass is 16.2. The maximum atomic E-state index is 12.3. The van der Waals surface area contributed by atoms with E-state index in [1.807, 2.05) is 4.90 Å². The van der Waals surface area contributed by atoms with Crippen LogP contribution in [0.2, 0.25) is 0 Å². The van der Waals surface area contributed by atoms with Gasteiger partial charge in [0.25, 0.3) is 0 Å². The predicted molar refractivity (Wildman–Crippen MR) is 67.0 cm³/mol. The molecule has 1 aliphatic carbocycles. The van der Waals surface area contributed by atoms with Gasteiger partial charge in [0, 0.05) is 19.1 Å². The largest absolute Gasteiger partial charge is 0.341 e. The normalized spacial score (nSPS) is 23.7. The van der Waals surface area contributed by atoms with Crippen molar-refractivity contribution in [3.8, 4) is 6.07 Å². The van der Waals surface area contributed by atoms with Crippen molar-refractivity contribution >= 4 is 5.91 Å². The Morgan fingerprint density at radius 1 is 1.53 bits per heavy atom. The summed E-state index contributed by atoms with van der Waals surface area (Å²) in [4.78, 5) is 14.2. The number of hydrogen-bond donors (Lipinski definition) is 1. The van der Waals surface area contributed by atoms with Crippen LogP contribution in [0, 0.1) is 23.2 Å². The number of hydrogen-bond acceptors (Lipinski definition) is 3. The highest BCUT2D eigenvalue weighted by Crippen LogP contribution is 2.26. The molecule has 0 spiro atoms. The zero-order valence-electron chi connectivity index (χ0n) is 10.9. The summed E-state index contributed by atoms with van der Waals surface area (Å²) in [5, 5.41) is 8.64. The Hall–Kier alpha value is -1.08. The van der Waals surface area contributed by atoms with Gasteiger partial charge in [-0.1, -0.05) is 20.3 Å². The number of nitrogens with zero attached hydrogens (tertiary/aromatic N) is 2. The first-order valence-corrected chi connectivity index (χ1v) is 6.47. The van der Waals surface area contributed by atoms with Crippen molar-refractivity contribution < 1.29 is 4.79 Å². The standard InChI is InChI=1S/C13H23N3O/c1-10(2)9-16(8-4-7-14)13(17)11-5-3-6-12(11)15/h10-12H,3-6,8-9,15H2,1-2H3. The van der Waals surface area contributed by atoms with Crippen LogP contribution in [0.3, 0.4) is 0 Å². The first-order chi connectivity index (χ1) is 8.06. The van der Waals surface area contributed by atoms with Gasteiger partial charge < -0.3 is 10.6 Å². The monoisotopic (exact) mass is 237 g/mol. The zero-order valence-corrected chi connectivity index (χ0v) is 10.9. The molecule has 0 aromatic rings. The Morgan fingerprint density at radius 2 is 2.24 bits per heavy atom. The van der Waals surface area contributed by atoms with Gasteiger partial charge in [-0.2, -0.15) is 5.26 Å². The number of nitrogens with two attached hydrogens (primary N) is 1. The molecule has 1 fully saturated rings. The van der Waals surface area contributed by atoms with Crippen LogP contribution in [0.25, 0.3) is 0 Å². The van der Waals surface area contributed by atoms with E-state index in [4.69, 9.17) is 11.0 Å². The lowest BCUT2D eigenvalue weighted by Gasteiger charge is -2.28. The summed E-state index contributed by atoms with van der Waals surface area (Å²) in [6.07, 6.45) is 3.30. The van der Waals surface area contributed by atoms with Crippen molar-refractivity contribution in [1.82, 2.24) is 4.90 Å². The first-order valence-electron chi connectivity index (χ1n) is 6.47. The zero-order chi connectivity index (χ0) is 12.8. The lowest BCUT2D eigenvalue weighted by Crippen LogP contribution is -2.43. The van der Waals surface area contributed by atoms with E-state index >= 15 is 0 Å². The molecule has 0 bridgehead atoms. The molecule has 2 atom stereocenters. The fourth-order valence-corrected chi connectivity index (χ4v) is 2.45. The number of amides is 1. The van der Waals surface area contributed by atoms with E-state index in [0.29, 0.717) is 18.9 Å². The highest BCUT2D eigenvalue weighted by molar-refractivity contribution is 5.80. The summed E-state index contributed by atoms with van der Waals surface area (Å²) in [6, 6.07) is 2.12. The van der Waals surface area contributed by atoms with E-state index in [2.05, 4.69) is 19.9 Å². The van der Waals surface area contributed by atoms with Gasteiger partial charge in [-0.25, -0.2) is 0 Å². The third kappa shape index (κ3) is 4.01. The number of carbonyl (C=O) groups excluding carboxylic acids is 1. The molecule has 96 valence electrons. The fraction of sp³-hybridized carbons (Fsp3) is 0.846. The second-order valence-electron chi connectivity index (χ2n) is 5.29. The van der Waals surface area contributed by atoms with Gasteiger partial charge in [-0.05, 0) is 18.8 Å². The third-order valence-electron chi connectivity index (χ3n) is 3.28. The third-order valence-corrected chi connectivity index (χ3v) is 3.28. The molecule has 4 nitrogen and oxygen atoms in total. The number of rotatable bonds is 5. The van der Waals surface area contributed by atoms with Crippen LogP contribution >= 0.6 is 0 Å². The van der Waals surface area contributed by atoms with Gasteiger partial charge in [0.1, 0.15) is 0 Å². The van der Waals surface area contributed by atoms with Gasteiger partial charge in [-0.3, -0.25) is 4.79 Å². The van der Waals surface area contributed by atoms with E-state index < -0.39 is 0 Å². The maximum absolute atomic E-state index is 12.3. The SMILES string of the molecule is CC(C)CN(CCC#N)C(=O)C1CCCC1N. The minimum atomic E-state index is -0.0209. The smallest absolute Gasteiger partial charge is 0.227 e. The van der Waals surface area contributed by atoms with Crippen LogP contribution < -0.4 is 5.73 Å². The van der Waals surface area contributed by atoms with Crippen molar-refractivity contribution in [2.24, 2.45) is 17.6 Å². The van der Waals surface area contributed by atoms with Crippen molar-refractivity contribution in [3.63, 3.8) is 0 Å². The molecule has 0 saturated heterocycles. The number of nitriles is 1. The summed E-state index contributed by atoms with van der Waals surface area (Å²) >= 11 is 0. The van der Waals surface area contributed by atoms with Crippen LogP contribution in [-0.4, -0.2) is 29.9 Å². The van der Waals surface area contributed by atoms with Crippen LogP contribution in [0.5, 0.6) is 0 Å². The fourth-order valence-electron chi connectivity index (χ4n) is 2.45. The minimum Gasteiger partial charge on any atom is -0.341 e. The van der Waals surface area contributed by atoms with Gasteiger partial charge >= 0.3 is 0 Å². The molecule has 0 radical (unpaired) electrons. The average Bonchev–Trinajstić information content (AvgIpc) is 2.69. The van der Waals surface area contributed by atoms with Gasteiger partial charge in [0.15, 0.2) is 0 Å². The molecule has 2 N–H and O–H groups in total. The Bertz CT molecular complexity index is 296. The quantitative estimate of drug-likeness (QED) is 0.788. The molecular formula is C13H23N3O. The Balaban J connectivity index is 2.61. The number of carbonyl (C=O) groups is 1. The van der Waals surface area contributed by atoms with Gasteiger partial charge in [0.05, 0.1) is 18.4 Å². The second kappa shape index (κ2) is 6.61. The summed E-state index contributed by atoms with van der Waals surface area (Å²) < 4.78 is 0. The van der Waals surface area contributed by atoms with Crippen LogP contribution in [-0.2, 0) is 4.79 Å². The topological polar surface area (TPSA) is 70.1 Å². The van der Waals surface area contributed by atoms with E-state index in [1.54, 1.807) is 0 Å². The van der Waals surface area contributed by atoms with Crippen LogP contribution in [0.4, 0.5) is 0 Å². The lowest BCUT2D eigenvalue weighted by atomic mass is 10.0. The summed E-state index contributed by atoms with van der Waals surface area (Å²) in [7, 11) is 0. The molecule has 1 saturated carbocycles. The van der Waals surface area contributed by atoms with Crippen molar-refractivity contribution in [3.05, 3.63) is 0 Å². The molecule has 0 heterocycles. The van der Waals surface area contributed by atoms with Crippen molar-refractivity contribution in [2.75, 3.05) is 13.1 Å². The average molecular weight is 237 g/mol. The molecule has 17 heavy (non-hydrogen) atoms. The molecule has 1 aliphatic rings. The molecular weight excluding hydrogens is 214 g/mol.